The lowest BCUT2D eigenvalue weighted by Crippen LogP contribution is -2.37. The summed E-state index contributed by atoms with van der Waals surface area (Å²) in [7, 11) is 0. The Morgan fingerprint density at radius 1 is 0.957 bits per heavy atom. The molecule has 0 saturated carbocycles. The van der Waals surface area contributed by atoms with Crippen LogP contribution in [0, 0.1) is 0 Å². The quantitative estimate of drug-likeness (QED) is 0.685. The summed E-state index contributed by atoms with van der Waals surface area (Å²) in [6, 6.07) is 13.4. The standard InChI is InChI=1S/C18H17N3O2/c1-12(14-5-3-2-4-6-14)21-16-15(17(22)18(16)23)20-11-13-7-9-19-10-8-13/h2-10,12,20-21H,11H2,1H3/t12-/m1/s1. The highest BCUT2D eigenvalue weighted by Crippen LogP contribution is 2.22. The van der Waals surface area contributed by atoms with E-state index in [2.05, 4.69) is 15.6 Å². The van der Waals surface area contributed by atoms with Crippen LogP contribution >= 0.6 is 0 Å². The summed E-state index contributed by atoms with van der Waals surface area (Å²) in [4.78, 5) is 27.6. The normalized spacial score (nSPS) is 12.0. The molecular weight excluding hydrogens is 290 g/mol. The molecule has 0 radical (unpaired) electrons. The van der Waals surface area contributed by atoms with Crippen LogP contribution in [0.15, 0.2) is 64.4 Å². The van der Waals surface area contributed by atoms with E-state index in [1.165, 1.54) is 0 Å². The van der Waals surface area contributed by atoms with E-state index in [1.54, 1.807) is 12.4 Å². The maximum Gasteiger partial charge on any atom is 0.253 e. The van der Waals surface area contributed by atoms with Gasteiger partial charge in [-0.3, -0.25) is 14.6 Å². The number of rotatable bonds is 6. The van der Waals surface area contributed by atoms with Gasteiger partial charge in [-0.2, -0.15) is 0 Å². The van der Waals surface area contributed by atoms with Gasteiger partial charge in [-0.25, -0.2) is 0 Å². The van der Waals surface area contributed by atoms with E-state index in [4.69, 9.17) is 0 Å². The molecule has 0 saturated heterocycles. The third-order valence-electron chi connectivity index (χ3n) is 3.79. The van der Waals surface area contributed by atoms with Crippen LogP contribution in [0.25, 0.3) is 0 Å². The zero-order valence-electron chi connectivity index (χ0n) is 12.7. The molecule has 3 rings (SSSR count). The highest BCUT2D eigenvalue weighted by atomic mass is 16.2. The minimum absolute atomic E-state index is 0.0547. The molecule has 2 aromatic carbocycles. The van der Waals surface area contributed by atoms with Gasteiger partial charge in [0.15, 0.2) is 0 Å². The minimum atomic E-state index is -0.471. The minimum Gasteiger partial charge on any atom is -0.376 e. The second-order valence-corrected chi connectivity index (χ2v) is 5.39. The highest BCUT2D eigenvalue weighted by Gasteiger charge is 2.22. The molecule has 5 nitrogen and oxygen atoms in total. The van der Waals surface area contributed by atoms with Crippen molar-refractivity contribution in [1.29, 1.82) is 0 Å². The van der Waals surface area contributed by atoms with Gasteiger partial charge in [0.05, 0.1) is 0 Å². The number of pyridine rings is 1. The van der Waals surface area contributed by atoms with E-state index in [0.29, 0.717) is 17.9 Å². The molecule has 0 aliphatic carbocycles. The third kappa shape index (κ3) is 3.13. The van der Waals surface area contributed by atoms with Crippen LogP contribution in [0.1, 0.15) is 24.1 Å². The summed E-state index contributed by atoms with van der Waals surface area (Å²) in [5, 5.41) is 6.18. The number of nitrogens with one attached hydrogen (secondary N) is 2. The van der Waals surface area contributed by atoms with Crippen molar-refractivity contribution in [2.45, 2.75) is 19.5 Å². The number of aromatic nitrogens is 1. The maximum atomic E-state index is 11.8. The van der Waals surface area contributed by atoms with E-state index < -0.39 is 10.9 Å². The Balaban J connectivity index is 1.73. The SMILES string of the molecule is C[C@@H](Nc1c(NCc2ccncc2)c(=O)c1=O)c1ccccc1. The molecule has 1 aromatic heterocycles. The van der Waals surface area contributed by atoms with Gasteiger partial charge < -0.3 is 10.6 Å². The smallest absolute Gasteiger partial charge is 0.253 e. The number of anilines is 2. The molecule has 1 atom stereocenters. The molecule has 0 unspecified atom stereocenters. The number of nitrogens with zero attached hydrogens (tertiary/aromatic N) is 1. The summed E-state index contributed by atoms with van der Waals surface area (Å²) in [5.41, 5.74) is 1.83. The van der Waals surface area contributed by atoms with Gasteiger partial charge in [-0.05, 0) is 30.2 Å². The summed E-state index contributed by atoms with van der Waals surface area (Å²) in [6.07, 6.45) is 3.38. The lowest BCUT2D eigenvalue weighted by Gasteiger charge is -2.20. The molecule has 0 spiro atoms. The Morgan fingerprint density at radius 2 is 1.61 bits per heavy atom. The Kier molecular flexibility index (Phi) is 4.19. The van der Waals surface area contributed by atoms with Crippen LogP contribution in [-0.4, -0.2) is 4.98 Å². The van der Waals surface area contributed by atoms with E-state index in [9.17, 15) is 9.59 Å². The van der Waals surface area contributed by atoms with Gasteiger partial charge in [0.2, 0.25) is 0 Å². The first-order valence-electron chi connectivity index (χ1n) is 7.44. The lowest BCUT2D eigenvalue weighted by atomic mass is 10.1. The Bertz CT molecular complexity index is 853. The van der Waals surface area contributed by atoms with E-state index in [0.717, 1.165) is 11.1 Å². The van der Waals surface area contributed by atoms with Crippen molar-refractivity contribution >= 4 is 11.4 Å². The van der Waals surface area contributed by atoms with Crippen LogP contribution in [0.5, 0.6) is 0 Å². The monoisotopic (exact) mass is 307 g/mol. The van der Waals surface area contributed by atoms with E-state index in [1.807, 2.05) is 49.4 Å². The van der Waals surface area contributed by atoms with Crippen LogP contribution in [0.2, 0.25) is 0 Å². The van der Waals surface area contributed by atoms with E-state index in [-0.39, 0.29) is 6.04 Å². The Labute approximate surface area is 133 Å². The number of benzene rings is 1. The fourth-order valence-electron chi connectivity index (χ4n) is 2.43. The molecule has 0 fully saturated rings. The van der Waals surface area contributed by atoms with Crippen LogP contribution in [0.4, 0.5) is 11.4 Å². The zero-order chi connectivity index (χ0) is 16.2. The van der Waals surface area contributed by atoms with Gasteiger partial charge in [-0.15, -0.1) is 0 Å². The zero-order valence-corrected chi connectivity index (χ0v) is 12.7. The topological polar surface area (TPSA) is 71.1 Å². The van der Waals surface area contributed by atoms with Gasteiger partial charge in [0, 0.05) is 25.0 Å². The molecule has 5 heteroatoms. The predicted octanol–water partition coefficient (Wildman–Crippen LogP) is 2.46. The molecule has 3 aromatic rings. The molecule has 116 valence electrons. The van der Waals surface area contributed by atoms with Crippen LogP contribution in [0.3, 0.4) is 0 Å². The summed E-state index contributed by atoms with van der Waals surface area (Å²) in [6.45, 7) is 2.43. The fourth-order valence-corrected chi connectivity index (χ4v) is 2.43. The van der Waals surface area contributed by atoms with Crippen molar-refractivity contribution in [2.75, 3.05) is 10.6 Å². The van der Waals surface area contributed by atoms with Crippen molar-refractivity contribution in [1.82, 2.24) is 4.98 Å². The molecular formula is C18H17N3O2. The van der Waals surface area contributed by atoms with Gasteiger partial charge in [-0.1, -0.05) is 30.3 Å². The van der Waals surface area contributed by atoms with Crippen molar-refractivity contribution in [3.8, 4) is 0 Å². The molecule has 0 aliphatic rings. The van der Waals surface area contributed by atoms with E-state index >= 15 is 0 Å². The van der Waals surface area contributed by atoms with Crippen molar-refractivity contribution in [3.05, 3.63) is 86.4 Å². The third-order valence-corrected chi connectivity index (χ3v) is 3.79. The maximum absolute atomic E-state index is 11.8. The van der Waals surface area contributed by atoms with Crippen LogP contribution < -0.4 is 21.5 Å². The summed E-state index contributed by atoms with van der Waals surface area (Å²) < 4.78 is 0. The van der Waals surface area contributed by atoms with Gasteiger partial charge >= 0.3 is 0 Å². The summed E-state index contributed by atoms with van der Waals surface area (Å²) in [5.74, 6) is 0. The fraction of sp³-hybridized carbons (Fsp3) is 0.167. The second-order valence-electron chi connectivity index (χ2n) is 5.39. The van der Waals surface area contributed by atoms with Gasteiger partial charge in [0.25, 0.3) is 10.9 Å². The largest absolute Gasteiger partial charge is 0.376 e. The number of hydrogen-bond acceptors (Lipinski definition) is 5. The first-order valence-corrected chi connectivity index (χ1v) is 7.44. The summed E-state index contributed by atoms with van der Waals surface area (Å²) >= 11 is 0. The Morgan fingerprint density at radius 3 is 2.30 bits per heavy atom. The van der Waals surface area contributed by atoms with Crippen molar-refractivity contribution in [2.24, 2.45) is 0 Å². The Hall–Kier alpha value is -2.95. The molecule has 0 aliphatic heterocycles. The number of hydrogen-bond donors (Lipinski definition) is 2. The molecule has 1 heterocycles. The first kappa shape index (κ1) is 15.0. The molecule has 2 N–H and O–H groups in total. The van der Waals surface area contributed by atoms with Crippen molar-refractivity contribution in [3.63, 3.8) is 0 Å². The molecule has 0 amide bonds. The lowest BCUT2D eigenvalue weighted by molar-refractivity contribution is 0.878. The highest BCUT2D eigenvalue weighted by molar-refractivity contribution is 5.74. The first-order chi connectivity index (χ1) is 11.2. The second kappa shape index (κ2) is 6.44. The predicted molar refractivity (Wildman–Crippen MR) is 91.4 cm³/mol. The molecule has 23 heavy (non-hydrogen) atoms. The average Bonchev–Trinajstić information content (AvgIpc) is 2.62. The van der Waals surface area contributed by atoms with Crippen LogP contribution in [-0.2, 0) is 6.54 Å². The molecule has 0 bridgehead atoms. The van der Waals surface area contributed by atoms with Crippen molar-refractivity contribution < 1.29 is 0 Å². The average molecular weight is 307 g/mol. The van der Waals surface area contributed by atoms with Gasteiger partial charge in [0.1, 0.15) is 11.4 Å².